The van der Waals surface area contributed by atoms with E-state index in [1.807, 2.05) is 30.3 Å². The lowest BCUT2D eigenvalue weighted by Crippen LogP contribution is -2.15. The van der Waals surface area contributed by atoms with Crippen molar-refractivity contribution in [1.29, 1.82) is 0 Å². The van der Waals surface area contributed by atoms with E-state index >= 15 is 0 Å². The zero-order valence-corrected chi connectivity index (χ0v) is 14.2. The van der Waals surface area contributed by atoms with E-state index in [4.69, 9.17) is 0 Å². The van der Waals surface area contributed by atoms with Gasteiger partial charge in [-0.15, -0.1) is 0 Å². The fourth-order valence-electron chi connectivity index (χ4n) is 2.33. The minimum absolute atomic E-state index is 0.0980. The highest BCUT2D eigenvalue weighted by molar-refractivity contribution is 6.03. The van der Waals surface area contributed by atoms with Gasteiger partial charge in [-0.1, -0.05) is 18.2 Å². The molecule has 2 N–H and O–H groups in total. The molecule has 0 fully saturated rings. The predicted octanol–water partition coefficient (Wildman–Crippen LogP) is 4.80. The molecular formula is C19H15F3N4O. The predicted molar refractivity (Wildman–Crippen MR) is 95.9 cm³/mol. The number of benzene rings is 2. The van der Waals surface area contributed by atoms with Crippen LogP contribution in [0.2, 0.25) is 0 Å². The van der Waals surface area contributed by atoms with Gasteiger partial charge in [0.1, 0.15) is 5.69 Å². The summed E-state index contributed by atoms with van der Waals surface area (Å²) in [4.78, 5) is 20.8. The van der Waals surface area contributed by atoms with Crippen LogP contribution in [0.3, 0.4) is 0 Å². The molecule has 2 aromatic carbocycles. The molecule has 0 saturated carbocycles. The first-order valence-corrected chi connectivity index (χ1v) is 7.97. The zero-order valence-electron chi connectivity index (χ0n) is 14.2. The highest BCUT2D eigenvalue weighted by atomic mass is 19.4. The molecule has 0 saturated heterocycles. The summed E-state index contributed by atoms with van der Waals surface area (Å²) < 4.78 is 37.8. The molecule has 0 spiro atoms. The summed E-state index contributed by atoms with van der Waals surface area (Å²) in [6.45, 7) is 1.72. The van der Waals surface area contributed by atoms with E-state index in [2.05, 4.69) is 20.6 Å². The molecule has 0 bridgehead atoms. The monoisotopic (exact) mass is 372 g/mol. The van der Waals surface area contributed by atoms with Crippen molar-refractivity contribution in [3.63, 3.8) is 0 Å². The number of carbonyl (C=O) groups excluding carboxylic acids is 1. The minimum atomic E-state index is -4.43. The van der Waals surface area contributed by atoms with Gasteiger partial charge in [-0.05, 0) is 49.4 Å². The Morgan fingerprint density at radius 1 is 0.926 bits per heavy atom. The van der Waals surface area contributed by atoms with Crippen molar-refractivity contribution in [1.82, 2.24) is 9.97 Å². The quantitative estimate of drug-likeness (QED) is 0.690. The first kappa shape index (κ1) is 18.4. The average Bonchev–Trinajstić information content (AvgIpc) is 2.62. The van der Waals surface area contributed by atoms with Gasteiger partial charge < -0.3 is 10.6 Å². The Morgan fingerprint density at radius 2 is 1.59 bits per heavy atom. The van der Waals surface area contributed by atoms with Crippen LogP contribution >= 0.6 is 0 Å². The van der Waals surface area contributed by atoms with Gasteiger partial charge in [0.05, 0.1) is 5.56 Å². The summed E-state index contributed by atoms with van der Waals surface area (Å²) in [6, 6.07) is 14.9. The molecule has 0 unspecified atom stereocenters. The van der Waals surface area contributed by atoms with E-state index in [-0.39, 0.29) is 17.3 Å². The van der Waals surface area contributed by atoms with Crippen molar-refractivity contribution in [2.45, 2.75) is 13.1 Å². The summed E-state index contributed by atoms with van der Waals surface area (Å²) in [5, 5.41) is 5.53. The van der Waals surface area contributed by atoms with Crippen LogP contribution in [0.5, 0.6) is 0 Å². The van der Waals surface area contributed by atoms with Crippen LogP contribution < -0.4 is 10.6 Å². The lowest BCUT2D eigenvalue weighted by atomic mass is 10.2. The summed E-state index contributed by atoms with van der Waals surface area (Å²) >= 11 is 0. The maximum absolute atomic E-state index is 12.6. The second-order valence-electron chi connectivity index (χ2n) is 5.74. The topological polar surface area (TPSA) is 66.9 Å². The number of nitrogens with one attached hydrogen (secondary N) is 2. The summed E-state index contributed by atoms with van der Waals surface area (Å²) in [7, 11) is 0. The third kappa shape index (κ3) is 4.81. The summed E-state index contributed by atoms with van der Waals surface area (Å²) in [5.41, 5.74) is 0.883. The molecule has 1 amide bonds. The number of hydrogen-bond acceptors (Lipinski definition) is 4. The number of aryl methyl sites for hydroxylation is 1. The number of alkyl halides is 3. The third-order valence-corrected chi connectivity index (χ3v) is 3.59. The largest absolute Gasteiger partial charge is 0.416 e. The van der Waals surface area contributed by atoms with Crippen LogP contribution in [0.25, 0.3) is 0 Å². The van der Waals surface area contributed by atoms with Crippen molar-refractivity contribution >= 4 is 23.2 Å². The maximum Gasteiger partial charge on any atom is 0.416 e. The maximum atomic E-state index is 12.6. The molecule has 3 aromatic rings. The highest BCUT2D eigenvalue weighted by Crippen LogP contribution is 2.29. The van der Waals surface area contributed by atoms with Crippen molar-refractivity contribution < 1.29 is 18.0 Å². The van der Waals surface area contributed by atoms with Crippen molar-refractivity contribution in [2.75, 3.05) is 10.6 Å². The van der Waals surface area contributed by atoms with Crippen molar-refractivity contribution in [3.8, 4) is 0 Å². The molecule has 5 nitrogen and oxygen atoms in total. The van der Waals surface area contributed by atoms with E-state index in [1.165, 1.54) is 18.2 Å². The van der Waals surface area contributed by atoms with E-state index in [1.54, 1.807) is 6.92 Å². The van der Waals surface area contributed by atoms with E-state index in [0.29, 0.717) is 5.69 Å². The van der Waals surface area contributed by atoms with Gasteiger partial charge in [-0.3, -0.25) is 4.79 Å². The van der Waals surface area contributed by atoms with Crippen LogP contribution in [-0.2, 0) is 6.18 Å². The van der Waals surface area contributed by atoms with Gasteiger partial charge in [0.25, 0.3) is 5.91 Å². The lowest BCUT2D eigenvalue weighted by molar-refractivity contribution is -0.137. The van der Waals surface area contributed by atoms with Gasteiger partial charge >= 0.3 is 6.18 Å². The fraction of sp³-hybridized carbons (Fsp3) is 0.105. The van der Waals surface area contributed by atoms with Crippen LogP contribution in [0.15, 0.2) is 60.7 Å². The van der Waals surface area contributed by atoms with Gasteiger partial charge in [-0.25, -0.2) is 9.97 Å². The van der Waals surface area contributed by atoms with Gasteiger partial charge in [0.2, 0.25) is 5.95 Å². The highest BCUT2D eigenvalue weighted by Gasteiger charge is 2.30. The summed E-state index contributed by atoms with van der Waals surface area (Å²) in [5.74, 6) is -0.296. The molecule has 0 radical (unpaired) electrons. The van der Waals surface area contributed by atoms with Gasteiger partial charge in [-0.2, -0.15) is 13.2 Å². The normalized spacial score (nSPS) is 11.1. The second-order valence-corrected chi connectivity index (χ2v) is 5.74. The van der Waals surface area contributed by atoms with Gasteiger partial charge in [0, 0.05) is 17.1 Å². The number of anilines is 3. The molecule has 1 heterocycles. The number of aromatic nitrogens is 2. The molecule has 27 heavy (non-hydrogen) atoms. The number of hydrogen-bond donors (Lipinski definition) is 2. The Morgan fingerprint density at radius 3 is 2.22 bits per heavy atom. The van der Waals surface area contributed by atoms with Crippen molar-refractivity contribution in [3.05, 3.63) is 77.6 Å². The third-order valence-electron chi connectivity index (χ3n) is 3.59. The molecule has 0 aliphatic rings. The Hall–Kier alpha value is -3.42. The Labute approximate surface area is 153 Å². The van der Waals surface area contributed by atoms with Crippen molar-refractivity contribution in [2.24, 2.45) is 0 Å². The molecule has 1 aromatic heterocycles. The van der Waals surface area contributed by atoms with Crippen LogP contribution in [0.1, 0.15) is 21.7 Å². The standard InChI is InChI=1S/C19H15F3N4O/c1-12-11-16(26-18(23-12)25-14-5-3-2-4-6-14)17(27)24-15-9-7-13(8-10-15)19(20,21)22/h2-11H,1H3,(H,24,27)(H,23,25,26). The number of nitrogens with zero attached hydrogens (tertiary/aromatic N) is 2. The molecular weight excluding hydrogens is 357 g/mol. The number of amides is 1. The van der Waals surface area contributed by atoms with Crippen LogP contribution in [0, 0.1) is 6.92 Å². The number of halogens is 3. The molecule has 0 aliphatic heterocycles. The second kappa shape index (κ2) is 7.45. The van der Waals surface area contributed by atoms with E-state index in [0.717, 1.165) is 17.8 Å². The Bertz CT molecular complexity index is 941. The van der Waals surface area contributed by atoms with E-state index < -0.39 is 17.6 Å². The fourth-order valence-corrected chi connectivity index (χ4v) is 2.33. The Kier molecular flexibility index (Phi) is 5.07. The number of rotatable bonds is 4. The zero-order chi connectivity index (χ0) is 19.4. The molecule has 0 aliphatic carbocycles. The van der Waals surface area contributed by atoms with Gasteiger partial charge in [0.15, 0.2) is 0 Å². The smallest absolute Gasteiger partial charge is 0.324 e. The lowest BCUT2D eigenvalue weighted by Gasteiger charge is -2.10. The van der Waals surface area contributed by atoms with E-state index in [9.17, 15) is 18.0 Å². The first-order valence-electron chi connectivity index (χ1n) is 7.97. The molecule has 0 atom stereocenters. The van der Waals surface area contributed by atoms with Crippen LogP contribution in [-0.4, -0.2) is 15.9 Å². The number of carbonyl (C=O) groups is 1. The minimum Gasteiger partial charge on any atom is -0.324 e. The average molecular weight is 372 g/mol. The molecule has 8 heteroatoms. The van der Waals surface area contributed by atoms with Crippen LogP contribution in [0.4, 0.5) is 30.5 Å². The molecule has 138 valence electrons. The molecule has 3 rings (SSSR count). The SMILES string of the molecule is Cc1cc(C(=O)Nc2ccc(C(F)(F)F)cc2)nc(Nc2ccccc2)n1. The first-order chi connectivity index (χ1) is 12.8. The number of para-hydroxylation sites is 1. The summed E-state index contributed by atoms with van der Waals surface area (Å²) in [6.07, 6.45) is -4.43. The Balaban J connectivity index is 1.76.